The SMILES string of the molecule is Cn1c(=O)c(-c2[nH][nH]c(=O)c2C=Nc2ccc(Br)cc2)c(O)c2ccccc21. The topological polar surface area (TPSA) is 103 Å². The van der Waals surface area contributed by atoms with E-state index in [9.17, 15) is 14.7 Å². The normalized spacial score (nSPS) is 11.5. The molecule has 2 aromatic heterocycles. The van der Waals surface area contributed by atoms with Gasteiger partial charge in [0.25, 0.3) is 11.1 Å². The molecule has 0 unspecified atom stereocenters. The van der Waals surface area contributed by atoms with Gasteiger partial charge in [-0.1, -0.05) is 28.1 Å². The summed E-state index contributed by atoms with van der Waals surface area (Å²) in [6.07, 6.45) is 1.38. The molecule has 0 aliphatic rings. The predicted octanol–water partition coefficient (Wildman–Crippen LogP) is 3.44. The molecule has 3 N–H and O–H groups in total. The van der Waals surface area contributed by atoms with Crippen molar-refractivity contribution in [2.45, 2.75) is 0 Å². The highest BCUT2D eigenvalue weighted by atomic mass is 79.9. The zero-order chi connectivity index (χ0) is 19.8. The molecular weight excluding hydrogens is 424 g/mol. The second-order valence-electron chi connectivity index (χ2n) is 6.21. The fraction of sp³-hybridized carbons (Fsp3) is 0.0500. The summed E-state index contributed by atoms with van der Waals surface area (Å²) in [5.74, 6) is -0.188. The number of H-pyrrole nitrogens is 2. The molecule has 140 valence electrons. The first kappa shape index (κ1) is 18.0. The average molecular weight is 439 g/mol. The summed E-state index contributed by atoms with van der Waals surface area (Å²) in [6.45, 7) is 0. The maximum Gasteiger partial charge on any atom is 0.273 e. The van der Waals surface area contributed by atoms with Crippen molar-refractivity contribution in [1.29, 1.82) is 0 Å². The third-order valence-corrected chi connectivity index (χ3v) is 5.04. The van der Waals surface area contributed by atoms with Gasteiger partial charge in [0.1, 0.15) is 11.3 Å². The van der Waals surface area contributed by atoms with E-state index in [2.05, 4.69) is 31.1 Å². The van der Waals surface area contributed by atoms with E-state index in [1.165, 1.54) is 10.8 Å². The van der Waals surface area contributed by atoms with Gasteiger partial charge < -0.3 is 9.67 Å². The van der Waals surface area contributed by atoms with Crippen LogP contribution < -0.4 is 11.1 Å². The largest absolute Gasteiger partial charge is 0.506 e. The van der Waals surface area contributed by atoms with Gasteiger partial charge in [-0.25, -0.2) is 0 Å². The summed E-state index contributed by atoms with van der Waals surface area (Å²) in [6, 6.07) is 14.3. The summed E-state index contributed by atoms with van der Waals surface area (Å²) < 4.78 is 2.35. The quantitative estimate of drug-likeness (QED) is 0.426. The Morgan fingerprint density at radius 2 is 1.79 bits per heavy atom. The average Bonchev–Trinajstić information content (AvgIpc) is 3.06. The minimum absolute atomic E-state index is 0.0109. The van der Waals surface area contributed by atoms with Crippen molar-refractivity contribution in [3.8, 4) is 17.0 Å². The number of rotatable bonds is 3. The van der Waals surface area contributed by atoms with Crippen LogP contribution in [0.15, 0.2) is 67.6 Å². The second-order valence-corrected chi connectivity index (χ2v) is 7.12. The van der Waals surface area contributed by atoms with Gasteiger partial charge in [-0.15, -0.1) is 0 Å². The number of aliphatic imine (C=N–C) groups is 1. The Hall–Kier alpha value is -3.39. The van der Waals surface area contributed by atoms with E-state index < -0.39 is 11.1 Å². The molecule has 0 bridgehead atoms. The van der Waals surface area contributed by atoms with Crippen LogP contribution in [0.2, 0.25) is 0 Å². The Morgan fingerprint density at radius 3 is 2.54 bits per heavy atom. The molecule has 0 aliphatic carbocycles. The van der Waals surface area contributed by atoms with Gasteiger partial charge in [-0.2, -0.15) is 0 Å². The van der Waals surface area contributed by atoms with Crippen molar-refractivity contribution >= 4 is 38.7 Å². The van der Waals surface area contributed by atoms with Gasteiger partial charge in [0.05, 0.1) is 22.5 Å². The lowest BCUT2D eigenvalue weighted by molar-refractivity contribution is 0.481. The molecule has 0 fully saturated rings. The second kappa shape index (κ2) is 6.97. The Labute approximate surface area is 167 Å². The molecule has 0 atom stereocenters. The fourth-order valence-electron chi connectivity index (χ4n) is 3.06. The van der Waals surface area contributed by atoms with E-state index in [4.69, 9.17) is 0 Å². The van der Waals surface area contributed by atoms with Gasteiger partial charge in [0.2, 0.25) is 0 Å². The zero-order valence-corrected chi connectivity index (χ0v) is 16.3. The summed E-state index contributed by atoms with van der Waals surface area (Å²) in [5.41, 5.74) is 0.731. The van der Waals surface area contributed by atoms with Crippen molar-refractivity contribution in [3.63, 3.8) is 0 Å². The molecule has 2 heterocycles. The van der Waals surface area contributed by atoms with Gasteiger partial charge in [0.15, 0.2) is 0 Å². The highest BCUT2D eigenvalue weighted by molar-refractivity contribution is 9.10. The number of pyridine rings is 1. The first-order chi connectivity index (χ1) is 13.5. The minimum Gasteiger partial charge on any atom is -0.506 e. The number of hydrogen-bond donors (Lipinski definition) is 3. The van der Waals surface area contributed by atoms with E-state index >= 15 is 0 Å². The number of aromatic amines is 2. The third kappa shape index (κ3) is 2.97. The first-order valence-electron chi connectivity index (χ1n) is 8.38. The van der Waals surface area contributed by atoms with Gasteiger partial charge in [0, 0.05) is 23.1 Å². The van der Waals surface area contributed by atoms with Crippen molar-refractivity contribution in [2.75, 3.05) is 0 Å². The van der Waals surface area contributed by atoms with Crippen molar-refractivity contribution in [1.82, 2.24) is 14.8 Å². The van der Waals surface area contributed by atoms with Crippen molar-refractivity contribution in [3.05, 3.63) is 79.3 Å². The molecule has 0 amide bonds. The van der Waals surface area contributed by atoms with E-state index in [1.807, 2.05) is 12.1 Å². The van der Waals surface area contributed by atoms with Crippen LogP contribution in [0.3, 0.4) is 0 Å². The van der Waals surface area contributed by atoms with Gasteiger partial charge in [-0.3, -0.25) is 24.8 Å². The summed E-state index contributed by atoms with van der Waals surface area (Å²) >= 11 is 3.35. The Kier molecular flexibility index (Phi) is 4.48. The summed E-state index contributed by atoms with van der Waals surface area (Å²) in [5, 5.41) is 16.4. The number of benzene rings is 2. The Bertz CT molecular complexity index is 1330. The number of para-hydroxylation sites is 1. The number of nitrogens with zero attached hydrogens (tertiary/aromatic N) is 2. The highest BCUT2D eigenvalue weighted by Gasteiger charge is 2.21. The molecule has 0 aliphatic heterocycles. The Morgan fingerprint density at radius 1 is 1.07 bits per heavy atom. The summed E-state index contributed by atoms with van der Waals surface area (Å²) in [4.78, 5) is 29.5. The van der Waals surface area contributed by atoms with E-state index in [0.29, 0.717) is 16.6 Å². The first-order valence-corrected chi connectivity index (χ1v) is 9.18. The van der Waals surface area contributed by atoms with Crippen LogP contribution in [0.5, 0.6) is 5.75 Å². The molecule has 2 aromatic carbocycles. The van der Waals surface area contributed by atoms with Crippen LogP contribution in [-0.2, 0) is 7.05 Å². The number of aromatic hydroxyl groups is 1. The molecular formula is C20H15BrN4O3. The molecule has 0 radical (unpaired) electrons. The smallest absolute Gasteiger partial charge is 0.273 e. The van der Waals surface area contributed by atoms with Crippen LogP contribution in [0.4, 0.5) is 5.69 Å². The number of halogens is 1. The molecule has 0 saturated carbocycles. The minimum atomic E-state index is -0.439. The predicted molar refractivity (Wildman–Crippen MR) is 113 cm³/mol. The van der Waals surface area contributed by atoms with Crippen LogP contribution >= 0.6 is 15.9 Å². The summed E-state index contributed by atoms with van der Waals surface area (Å²) in [7, 11) is 1.62. The molecule has 28 heavy (non-hydrogen) atoms. The van der Waals surface area contributed by atoms with Crippen molar-refractivity contribution in [2.24, 2.45) is 12.0 Å². The fourth-order valence-corrected chi connectivity index (χ4v) is 3.32. The lowest BCUT2D eigenvalue weighted by Crippen LogP contribution is -2.20. The lowest BCUT2D eigenvalue weighted by atomic mass is 10.1. The van der Waals surface area contributed by atoms with Gasteiger partial charge in [-0.05, 0) is 36.4 Å². The zero-order valence-electron chi connectivity index (χ0n) is 14.7. The van der Waals surface area contributed by atoms with Crippen molar-refractivity contribution < 1.29 is 5.11 Å². The maximum atomic E-state index is 12.9. The number of nitrogens with one attached hydrogen (secondary N) is 2. The van der Waals surface area contributed by atoms with E-state index in [0.717, 1.165) is 4.47 Å². The number of fused-ring (bicyclic) bond motifs is 1. The molecule has 4 aromatic rings. The van der Waals surface area contributed by atoms with Crippen LogP contribution in [0.1, 0.15) is 5.56 Å². The van der Waals surface area contributed by atoms with Crippen LogP contribution in [0, 0.1) is 0 Å². The number of hydrogen-bond acceptors (Lipinski definition) is 4. The third-order valence-electron chi connectivity index (χ3n) is 4.51. The molecule has 7 nitrogen and oxygen atoms in total. The number of aromatic nitrogens is 3. The monoisotopic (exact) mass is 438 g/mol. The van der Waals surface area contributed by atoms with E-state index in [1.54, 1.807) is 43.4 Å². The van der Waals surface area contributed by atoms with Crippen LogP contribution in [-0.4, -0.2) is 26.1 Å². The molecule has 4 rings (SSSR count). The van der Waals surface area contributed by atoms with E-state index in [-0.39, 0.29) is 22.6 Å². The maximum absolute atomic E-state index is 12.9. The highest BCUT2D eigenvalue weighted by Crippen LogP contribution is 2.32. The van der Waals surface area contributed by atoms with Gasteiger partial charge >= 0.3 is 0 Å². The molecule has 8 heteroatoms. The molecule has 0 spiro atoms. The molecule has 0 saturated heterocycles. The Balaban J connectivity index is 1.91. The lowest BCUT2D eigenvalue weighted by Gasteiger charge is -2.11. The standard InChI is InChI=1S/C20H15BrN4O3/c1-25-15-5-3-2-4-13(15)18(26)16(20(25)28)17-14(19(27)24-23-17)10-22-12-8-6-11(21)7-9-12/h2-10,26H,1H3,(H2,23,24,27). The van der Waals surface area contributed by atoms with Crippen LogP contribution in [0.25, 0.3) is 22.2 Å². The number of aryl methyl sites for hydroxylation is 1.